The number of aliphatic imine (C=N–C) groups is 1. The highest BCUT2D eigenvalue weighted by Crippen LogP contribution is 2.13. The van der Waals surface area contributed by atoms with Crippen molar-refractivity contribution in [2.24, 2.45) is 4.99 Å². The number of hydrogen-bond acceptors (Lipinski definition) is 4. The van der Waals surface area contributed by atoms with E-state index in [1.165, 1.54) is 12.0 Å². The summed E-state index contributed by atoms with van der Waals surface area (Å²) in [6.45, 7) is 9.06. The molecule has 1 amide bonds. The number of nitrogens with zero attached hydrogens (tertiary/aromatic N) is 3. The average Bonchev–Trinajstić information content (AvgIpc) is 3.39. The summed E-state index contributed by atoms with van der Waals surface area (Å²) in [5.41, 5.74) is 3.93. The summed E-state index contributed by atoms with van der Waals surface area (Å²) < 4.78 is 7.16. The molecule has 0 aliphatic rings. The first-order valence-electron chi connectivity index (χ1n) is 10.5. The zero-order valence-corrected chi connectivity index (χ0v) is 18.3. The van der Waals surface area contributed by atoms with E-state index in [1.54, 1.807) is 12.1 Å². The van der Waals surface area contributed by atoms with Crippen LogP contribution in [0.5, 0.6) is 0 Å². The highest BCUT2D eigenvalue weighted by Gasteiger charge is 2.09. The molecule has 8 nitrogen and oxygen atoms in total. The number of aromatic nitrogens is 2. The zero-order chi connectivity index (χ0) is 22.1. The van der Waals surface area contributed by atoms with Crippen molar-refractivity contribution in [2.45, 2.75) is 40.3 Å². The van der Waals surface area contributed by atoms with Gasteiger partial charge in [0.2, 0.25) is 0 Å². The van der Waals surface area contributed by atoms with E-state index in [1.807, 2.05) is 42.8 Å². The van der Waals surface area contributed by atoms with Crippen molar-refractivity contribution >= 4 is 17.6 Å². The zero-order valence-electron chi connectivity index (χ0n) is 18.3. The minimum atomic E-state index is -0.275. The molecule has 0 bridgehead atoms. The molecule has 31 heavy (non-hydrogen) atoms. The Bertz CT molecular complexity index is 1010. The number of benzene rings is 1. The molecule has 0 fully saturated rings. The number of amides is 1. The second-order valence-electron chi connectivity index (χ2n) is 7.26. The fourth-order valence-electron chi connectivity index (χ4n) is 3.20. The molecule has 3 N–H and O–H groups in total. The molecule has 0 saturated carbocycles. The van der Waals surface area contributed by atoms with Gasteiger partial charge in [-0.25, -0.2) is 4.99 Å². The van der Waals surface area contributed by atoms with Crippen molar-refractivity contribution < 1.29 is 9.21 Å². The third-order valence-electron chi connectivity index (χ3n) is 4.64. The molecule has 0 aliphatic heterocycles. The molecule has 0 aliphatic carbocycles. The quantitative estimate of drug-likeness (QED) is 0.279. The Morgan fingerprint density at radius 2 is 2.03 bits per heavy atom. The molecule has 0 atom stereocenters. The van der Waals surface area contributed by atoms with Crippen LogP contribution >= 0.6 is 0 Å². The molecule has 2 aromatic heterocycles. The Kier molecular flexibility index (Phi) is 7.86. The van der Waals surface area contributed by atoms with Crippen molar-refractivity contribution in [1.29, 1.82) is 0 Å². The maximum absolute atomic E-state index is 12.2. The van der Waals surface area contributed by atoms with E-state index in [0.717, 1.165) is 43.3 Å². The number of carbonyl (C=O) groups is 1. The van der Waals surface area contributed by atoms with Crippen LogP contribution in [0.4, 0.5) is 5.69 Å². The molecule has 0 spiro atoms. The van der Waals surface area contributed by atoms with Crippen LogP contribution in [0.1, 0.15) is 40.9 Å². The fraction of sp³-hybridized carbons (Fsp3) is 0.348. The predicted octanol–water partition coefficient (Wildman–Crippen LogP) is 3.49. The monoisotopic (exact) mass is 422 g/mol. The highest BCUT2D eigenvalue weighted by atomic mass is 16.3. The standard InChI is InChI=1S/C23H30N6O2/c1-4-24-23(25-11-7-12-29-18(3)14-17(2)28-29)26-16-19-8-5-9-20(15-19)27-22(30)21-10-6-13-31-21/h5-6,8-10,13-15H,4,7,11-12,16H2,1-3H3,(H,27,30)(H2,24,25,26). The van der Waals surface area contributed by atoms with E-state index in [2.05, 4.69) is 39.0 Å². The van der Waals surface area contributed by atoms with E-state index in [0.29, 0.717) is 12.2 Å². The van der Waals surface area contributed by atoms with Crippen molar-refractivity contribution in [3.63, 3.8) is 0 Å². The third kappa shape index (κ3) is 6.74. The number of hydrogen-bond donors (Lipinski definition) is 3. The van der Waals surface area contributed by atoms with Crippen LogP contribution in [0.3, 0.4) is 0 Å². The number of anilines is 1. The SMILES string of the molecule is CCNC(=NCc1cccc(NC(=O)c2ccco2)c1)NCCCn1nc(C)cc1C. The van der Waals surface area contributed by atoms with Gasteiger partial charge in [0.15, 0.2) is 11.7 Å². The van der Waals surface area contributed by atoms with Gasteiger partial charge in [0.05, 0.1) is 18.5 Å². The second kappa shape index (κ2) is 11.0. The van der Waals surface area contributed by atoms with Crippen molar-refractivity contribution in [1.82, 2.24) is 20.4 Å². The molecular formula is C23H30N6O2. The molecule has 0 radical (unpaired) electrons. The van der Waals surface area contributed by atoms with Crippen LogP contribution in [-0.4, -0.2) is 34.7 Å². The Labute approximate surface area is 182 Å². The molecule has 0 saturated heterocycles. The first-order valence-corrected chi connectivity index (χ1v) is 10.5. The summed E-state index contributed by atoms with van der Waals surface area (Å²) in [5.74, 6) is 0.770. The van der Waals surface area contributed by atoms with E-state index in [-0.39, 0.29) is 11.7 Å². The lowest BCUT2D eigenvalue weighted by molar-refractivity contribution is 0.0996. The van der Waals surface area contributed by atoms with Crippen molar-refractivity contribution in [2.75, 3.05) is 18.4 Å². The van der Waals surface area contributed by atoms with E-state index in [4.69, 9.17) is 4.42 Å². The number of rotatable bonds is 9. The lowest BCUT2D eigenvalue weighted by atomic mass is 10.2. The van der Waals surface area contributed by atoms with Crippen LogP contribution in [0, 0.1) is 13.8 Å². The molecule has 2 heterocycles. The molecule has 164 valence electrons. The maximum atomic E-state index is 12.2. The Morgan fingerprint density at radius 3 is 2.74 bits per heavy atom. The Balaban J connectivity index is 1.52. The van der Waals surface area contributed by atoms with Crippen molar-refractivity contribution in [3.8, 4) is 0 Å². The van der Waals surface area contributed by atoms with Gasteiger partial charge >= 0.3 is 0 Å². The van der Waals surface area contributed by atoms with Gasteiger partial charge < -0.3 is 20.4 Å². The summed E-state index contributed by atoms with van der Waals surface area (Å²) >= 11 is 0. The van der Waals surface area contributed by atoms with Crippen LogP contribution in [0.15, 0.2) is 58.1 Å². The molecule has 8 heteroatoms. The number of aryl methyl sites for hydroxylation is 3. The molecule has 1 aromatic carbocycles. The smallest absolute Gasteiger partial charge is 0.291 e. The molecule has 3 aromatic rings. The molecule has 3 rings (SSSR count). The lowest BCUT2D eigenvalue weighted by Gasteiger charge is -2.12. The average molecular weight is 423 g/mol. The highest BCUT2D eigenvalue weighted by molar-refractivity contribution is 6.02. The topological polar surface area (TPSA) is 96.5 Å². The van der Waals surface area contributed by atoms with E-state index >= 15 is 0 Å². The Morgan fingerprint density at radius 1 is 1.16 bits per heavy atom. The number of nitrogens with one attached hydrogen (secondary N) is 3. The summed E-state index contributed by atoms with van der Waals surface area (Å²) in [6, 6.07) is 13.0. The maximum Gasteiger partial charge on any atom is 0.291 e. The minimum Gasteiger partial charge on any atom is -0.459 e. The largest absolute Gasteiger partial charge is 0.459 e. The fourth-order valence-corrected chi connectivity index (χ4v) is 3.20. The lowest BCUT2D eigenvalue weighted by Crippen LogP contribution is -2.38. The summed E-state index contributed by atoms with van der Waals surface area (Å²) in [7, 11) is 0. The second-order valence-corrected chi connectivity index (χ2v) is 7.26. The minimum absolute atomic E-state index is 0.275. The number of furan rings is 1. The van der Waals surface area contributed by atoms with Crippen molar-refractivity contribution in [3.05, 3.63) is 71.4 Å². The van der Waals surface area contributed by atoms with Gasteiger partial charge in [-0.05, 0) is 63.1 Å². The van der Waals surface area contributed by atoms with E-state index < -0.39 is 0 Å². The predicted molar refractivity (Wildman–Crippen MR) is 122 cm³/mol. The van der Waals surface area contributed by atoms with E-state index in [9.17, 15) is 4.79 Å². The number of carbonyl (C=O) groups excluding carboxylic acids is 1. The normalized spacial score (nSPS) is 11.4. The van der Waals surface area contributed by atoms with Gasteiger partial charge in [0.25, 0.3) is 5.91 Å². The third-order valence-corrected chi connectivity index (χ3v) is 4.64. The summed E-state index contributed by atoms with van der Waals surface area (Å²) in [5, 5.41) is 14.0. The van der Waals surface area contributed by atoms with Gasteiger partial charge in [0, 0.05) is 31.0 Å². The van der Waals surface area contributed by atoms with Gasteiger partial charge in [-0.3, -0.25) is 9.48 Å². The molecular weight excluding hydrogens is 392 g/mol. The first-order chi connectivity index (χ1) is 15.0. The van der Waals surface area contributed by atoms with Gasteiger partial charge in [-0.1, -0.05) is 12.1 Å². The summed E-state index contributed by atoms with van der Waals surface area (Å²) in [4.78, 5) is 16.8. The van der Waals surface area contributed by atoms with Crippen LogP contribution in [-0.2, 0) is 13.1 Å². The Hall–Kier alpha value is -3.55. The van der Waals surface area contributed by atoms with Gasteiger partial charge in [-0.15, -0.1) is 0 Å². The van der Waals surface area contributed by atoms with Crippen LogP contribution < -0.4 is 16.0 Å². The number of guanidine groups is 1. The first kappa shape index (κ1) is 22.1. The van der Waals surface area contributed by atoms with Gasteiger partial charge in [-0.2, -0.15) is 5.10 Å². The summed E-state index contributed by atoms with van der Waals surface area (Å²) in [6.07, 6.45) is 2.42. The van der Waals surface area contributed by atoms with Crippen LogP contribution in [0.25, 0.3) is 0 Å². The van der Waals surface area contributed by atoms with Gasteiger partial charge in [0.1, 0.15) is 0 Å². The molecule has 0 unspecified atom stereocenters. The van der Waals surface area contributed by atoms with Crippen LogP contribution in [0.2, 0.25) is 0 Å².